The van der Waals surface area contributed by atoms with Crippen molar-refractivity contribution in [3.63, 3.8) is 0 Å². The molecule has 0 aliphatic carbocycles. The highest BCUT2D eigenvalue weighted by molar-refractivity contribution is 7.99. The maximum atomic E-state index is 5.62. The Balaban J connectivity index is 1.92. The molecule has 0 bridgehead atoms. The fraction of sp³-hybridized carbons (Fsp3) is 0.400. The van der Waals surface area contributed by atoms with Crippen LogP contribution in [0.4, 0.5) is 11.9 Å². The molecule has 0 spiro atoms. The van der Waals surface area contributed by atoms with Crippen molar-refractivity contribution >= 4 is 23.7 Å². The first-order valence-electron chi connectivity index (χ1n) is 6.89. The number of anilines is 2. The van der Waals surface area contributed by atoms with Gasteiger partial charge in [-0.3, -0.25) is 0 Å². The SMILES string of the molecule is Cc1nc(N)nc(NC(C)CSc2ccc(C)c(C)c2)n1. The molecule has 0 aliphatic rings. The summed E-state index contributed by atoms with van der Waals surface area (Å²) in [6.45, 7) is 8.17. The van der Waals surface area contributed by atoms with Gasteiger partial charge in [-0.2, -0.15) is 15.0 Å². The van der Waals surface area contributed by atoms with Crippen molar-refractivity contribution in [2.75, 3.05) is 16.8 Å². The Morgan fingerprint density at radius 2 is 1.90 bits per heavy atom. The van der Waals surface area contributed by atoms with Crippen LogP contribution in [0.2, 0.25) is 0 Å². The summed E-state index contributed by atoms with van der Waals surface area (Å²) >= 11 is 1.81. The molecular weight excluding hydrogens is 282 g/mol. The van der Waals surface area contributed by atoms with E-state index >= 15 is 0 Å². The monoisotopic (exact) mass is 303 g/mol. The molecule has 21 heavy (non-hydrogen) atoms. The zero-order valence-corrected chi connectivity index (χ0v) is 13.7. The van der Waals surface area contributed by atoms with Gasteiger partial charge in [0.15, 0.2) is 0 Å². The molecule has 0 aliphatic heterocycles. The van der Waals surface area contributed by atoms with Gasteiger partial charge in [-0.25, -0.2) is 0 Å². The number of aromatic nitrogens is 3. The number of nitrogen functional groups attached to an aromatic ring is 1. The lowest BCUT2D eigenvalue weighted by Gasteiger charge is -2.14. The normalized spacial score (nSPS) is 12.2. The van der Waals surface area contributed by atoms with Crippen molar-refractivity contribution in [2.24, 2.45) is 0 Å². The van der Waals surface area contributed by atoms with Crippen molar-refractivity contribution in [2.45, 2.75) is 38.6 Å². The zero-order valence-electron chi connectivity index (χ0n) is 12.8. The lowest BCUT2D eigenvalue weighted by Crippen LogP contribution is -2.20. The molecule has 0 amide bonds. The smallest absolute Gasteiger partial charge is 0.227 e. The van der Waals surface area contributed by atoms with Crippen molar-refractivity contribution in [3.05, 3.63) is 35.2 Å². The van der Waals surface area contributed by atoms with Gasteiger partial charge >= 0.3 is 0 Å². The summed E-state index contributed by atoms with van der Waals surface area (Å²) in [7, 11) is 0. The molecule has 5 nitrogen and oxygen atoms in total. The Hall–Kier alpha value is -1.82. The molecule has 1 heterocycles. The molecule has 0 fully saturated rings. The molecular formula is C15H21N5S. The first-order valence-corrected chi connectivity index (χ1v) is 7.87. The molecule has 1 unspecified atom stereocenters. The fourth-order valence-corrected chi connectivity index (χ4v) is 2.80. The van der Waals surface area contributed by atoms with Gasteiger partial charge in [0.2, 0.25) is 11.9 Å². The molecule has 2 aromatic rings. The lowest BCUT2D eigenvalue weighted by atomic mass is 10.1. The van der Waals surface area contributed by atoms with E-state index in [2.05, 4.69) is 59.2 Å². The number of nitrogens with zero attached hydrogens (tertiary/aromatic N) is 3. The molecule has 112 valence electrons. The number of hydrogen-bond donors (Lipinski definition) is 2. The van der Waals surface area contributed by atoms with Gasteiger partial charge in [-0.15, -0.1) is 11.8 Å². The number of aryl methyl sites for hydroxylation is 3. The Labute approximate surface area is 129 Å². The van der Waals surface area contributed by atoms with Crippen LogP contribution < -0.4 is 11.1 Å². The van der Waals surface area contributed by atoms with Gasteiger partial charge in [0.1, 0.15) is 5.82 Å². The van der Waals surface area contributed by atoms with E-state index in [-0.39, 0.29) is 12.0 Å². The van der Waals surface area contributed by atoms with Crippen molar-refractivity contribution in [1.29, 1.82) is 0 Å². The summed E-state index contributed by atoms with van der Waals surface area (Å²) in [6, 6.07) is 6.77. The highest BCUT2D eigenvalue weighted by Crippen LogP contribution is 2.22. The van der Waals surface area contributed by atoms with E-state index in [0.717, 1.165) is 5.75 Å². The van der Waals surface area contributed by atoms with Crippen molar-refractivity contribution in [3.8, 4) is 0 Å². The summed E-state index contributed by atoms with van der Waals surface area (Å²) in [5.41, 5.74) is 8.27. The van der Waals surface area contributed by atoms with Crippen molar-refractivity contribution in [1.82, 2.24) is 15.0 Å². The maximum absolute atomic E-state index is 5.62. The predicted octanol–water partition coefficient (Wildman–Crippen LogP) is 2.97. The van der Waals surface area contributed by atoms with E-state index < -0.39 is 0 Å². The van der Waals surface area contributed by atoms with Gasteiger partial charge < -0.3 is 11.1 Å². The zero-order chi connectivity index (χ0) is 15.4. The highest BCUT2D eigenvalue weighted by Gasteiger charge is 2.07. The largest absolute Gasteiger partial charge is 0.368 e. The van der Waals surface area contributed by atoms with E-state index in [1.165, 1.54) is 16.0 Å². The van der Waals surface area contributed by atoms with Crippen LogP contribution in [0.15, 0.2) is 23.1 Å². The number of nitrogens with two attached hydrogens (primary N) is 1. The Kier molecular flexibility index (Phi) is 5.01. The predicted molar refractivity (Wildman–Crippen MR) is 88.7 cm³/mol. The number of benzene rings is 1. The third-order valence-electron chi connectivity index (χ3n) is 3.12. The third kappa shape index (κ3) is 4.60. The highest BCUT2D eigenvalue weighted by atomic mass is 32.2. The number of nitrogens with one attached hydrogen (secondary N) is 1. The van der Waals surface area contributed by atoms with Crippen LogP contribution in [0.5, 0.6) is 0 Å². The summed E-state index contributed by atoms with van der Waals surface area (Å²) in [4.78, 5) is 13.6. The van der Waals surface area contributed by atoms with Crippen LogP contribution >= 0.6 is 11.8 Å². The minimum absolute atomic E-state index is 0.234. The standard InChI is InChI=1S/C15H21N5S/c1-9-5-6-13(7-10(9)2)21-8-11(3)17-15-19-12(4)18-14(16)20-15/h5-7,11H,8H2,1-4H3,(H3,16,17,18,19,20). The molecule has 1 atom stereocenters. The van der Waals surface area contributed by atoms with Gasteiger partial charge in [0, 0.05) is 16.7 Å². The van der Waals surface area contributed by atoms with Crippen LogP contribution in [0.25, 0.3) is 0 Å². The number of rotatable bonds is 5. The maximum Gasteiger partial charge on any atom is 0.227 e. The molecule has 6 heteroatoms. The molecule has 1 aromatic carbocycles. The van der Waals surface area contributed by atoms with Crippen LogP contribution in [-0.4, -0.2) is 26.7 Å². The molecule has 2 rings (SSSR count). The Bertz CT molecular complexity index is 609. The molecule has 3 N–H and O–H groups in total. The van der Waals surface area contributed by atoms with Crippen LogP contribution in [0.3, 0.4) is 0 Å². The summed E-state index contributed by atoms with van der Waals surface area (Å²) in [6.07, 6.45) is 0. The van der Waals surface area contributed by atoms with E-state index in [1.54, 1.807) is 6.92 Å². The fourth-order valence-electron chi connectivity index (χ4n) is 1.85. The van der Waals surface area contributed by atoms with Gasteiger partial charge in [0.25, 0.3) is 0 Å². The number of hydrogen-bond acceptors (Lipinski definition) is 6. The van der Waals surface area contributed by atoms with Crippen LogP contribution in [0, 0.1) is 20.8 Å². The van der Waals surface area contributed by atoms with Gasteiger partial charge in [0.05, 0.1) is 0 Å². The van der Waals surface area contributed by atoms with Gasteiger partial charge in [-0.1, -0.05) is 6.07 Å². The summed E-state index contributed by atoms with van der Waals surface area (Å²) < 4.78 is 0. The molecule has 1 aromatic heterocycles. The second kappa shape index (κ2) is 6.76. The Morgan fingerprint density at radius 1 is 1.14 bits per heavy atom. The van der Waals surface area contributed by atoms with E-state index in [9.17, 15) is 0 Å². The quantitative estimate of drug-likeness (QED) is 0.827. The molecule has 0 radical (unpaired) electrons. The average molecular weight is 303 g/mol. The first kappa shape index (κ1) is 15.6. The van der Waals surface area contributed by atoms with Crippen LogP contribution in [0.1, 0.15) is 23.9 Å². The lowest BCUT2D eigenvalue weighted by molar-refractivity contribution is 0.869. The topological polar surface area (TPSA) is 76.7 Å². The van der Waals surface area contributed by atoms with E-state index in [0.29, 0.717) is 11.8 Å². The van der Waals surface area contributed by atoms with E-state index in [4.69, 9.17) is 5.73 Å². The summed E-state index contributed by atoms with van der Waals surface area (Å²) in [5.74, 6) is 2.33. The second-order valence-electron chi connectivity index (χ2n) is 5.17. The van der Waals surface area contributed by atoms with Crippen molar-refractivity contribution < 1.29 is 0 Å². The minimum Gasteiger partial charge on any atom is -0.368 e. The summed E-state index contributed by atoms with van der Waals surface area (Å²) in [5, 5.41) is 3.26. The third-order valence-corrected chi connectivity index (χ3v) is 4.37. The van der Waals surface area contributed by atoms with Crippen LogP contribution in [-0.2, 0) is 0 Å². The average Bonchev–Trinajstić information content (AvgIpc) is 2.39. The van der Waals surface area contributed by atoms with E-state index in [1.807, 2.05) is 11.8 Å². The first-order chi connectivity index (χ1) is 9.94. The number of thioether (sulfide) groups is 1. The molecule has 0 saturated heterocycles. The molecule has 0 saturated carbocycles. The minimum atomic E-state index is 0.234. The van der Waals surface area contributed by atoms with Gasteiger partial charge in [-0.05, 0) is 51.0 Å². The second-order valence-corrected chi connectivity index (χ2v) is 6.26. The Morgan fingerprint density at radius 3 is 2.57 bits per heavy atom.